The number of rotatable bonds is 5. The molecule has 1 aromatic carbocycles. The number of halogens is 1. The van der Waals surface area contributed by atoms with Crippen LogP contribution in [0.3, 0.4) is 0 Å². The predicted molar refractivity (Wildman–Crippen MR) is 108 cm³/mol. The Bertz CT molecular complexity index is 802. The van der Waals surface area contributed by atoms with Crippen LogP contribution in [-0.4, -0.2) is 53.9 Å². The molecule has 2 N–H and O–H groups in total. The van der Waals surface area contributed by atoms with Crippen LogP contribution < -0.4 is 10.1 Å². The minimum absolute atomic E-state index is 0. The number of aromatic nitrogens is 2. The highest BCUT2D eigenvalue weighted by molar-refractivity contribution is 5.94. The molecule has 0 bridgehead atoms. The van der Waals surface area contributed by atoms with Crippen LogP contribution in [0.25, 0.3) is 0 Å². The summed E-state index contributed by atoms with van der Waals surface area (Å²) in [6.07, 6.45) is 2.74. The molecular weight excluding hydrogens is 380 g/mol. The lowest BCUT2D eigenvalue weighted by Gasteiger charge is -2.32. The highest BCUT2D eigenvalue weighted by atomic mass is 35.5. The first-order valence-electron chi connectivity index (χ1n) is 9.56. The van der Waals surface area contributed by atoms with Crippen molar-refractivity contribution in [2.75, 3.05) is 26.7 Å². The monoisotopic (exact) mass is 406 g/mol. The van der Waals surface area contributed by atoms with Gasteiger partial charge in [0.05, 0.1) is 19.8 Å². The molecule has 0 aliphatic carbocycles. The van der Waals surface area contributed by atoms with E-state index in [1.165, 1.54) is 0 Å². The second-order valence-corrected chi connectivity index (χ2v) is 7.07. The number of carbonyl (C=O) groups is 1. The van der Waals surface area contributed by atoms with Crippen LogP contribution >= 0.6 is 12.4 Å². The van der Waals surface area contributed by atoms with Gasteiger partial charge in [-0.25, -0.2) is 0 Å². The fourth-order valence-corrected chi connectivity index (χ4v) is 3.81. The van der Waals surface area contributed by atoms with Crippen molar-refractivity contribution < 1.29 is 14.3 Å². The van der Waals surface area contributed by atoms with Gasteiger partial charge in [0.25, 0.3) is 5.91 Å². The van der Waals surface area contributed by atoms with Gasteiger partial charge in [0, 0.05) is 49.4 Å². The molecule has 0 spiro atoms. The fraction of sp³-hybridized carbons (Fsp3) is 0.500. The highest BCUT2D eigenvalue weighted by Gasteiger charge is 2.29. The van der Waals surface area contributed by atoms with Crippen LogP contribution in [0.15, 0.2) is 24.3 Å². The molecule has 1 fully saturated rings. The molecule has 2 aromatic rings. The smallest absolute Gasteiger partial charge is 0.274 e. The number of H-pyrrole nitrogens is 1. The van der Waals surface area contributed by atoms with Gasteiger partial charge < -0.3 is 19.7 Å². The number of benzene rings is 1. The summed E-state index contributed by atoms with van der Waals surface area (Å²) in [7, 11) is 1.67. The maximum atomic E-state index is 12.9. The SMILES string of the molecule is COc1ccccc1COC1CCN(C(=O)c2n[nH]c3c2CNCC3)CC1.Cl. The zero-order valence-electron chi connectivity index (χ0n) is 16.1. The molecule has 0 unspecified atom stereocenters. The lowest BCUT2D eigenvalue weighted by atomic mass is 10.0. The van der Waals surface area contributed by atoms with Crippen molar-refractivity contribution in [2.45, 2.75) is 38.5 Å². The Kier molecular flexibility index (Phi) is 6.93. The first kappa shape index (κ1) is 20.6. The molecule has 0 saturated carbocycles. The molecule has 0 radical (unpaired) electrons. The molecule has 7 nitrogen and oxygen atoms in total. The van der Waals surface area contributed by atoms with Gasteiger partial charge in [-0.05, 0) is 18.9 Å². The van der Waals surface area contributed by atoms with Crippen LogP contribution in [0.2, 0.25) is 0 Å². The summed E-state index contributed by atoms with van der Waals surface area (Å²) in [5.74, 6) is 0.876. The van der Waals surface area contributed by atoms with Crippen molar-refractivity contribution in [3.05, 3.63) is 46.8 Å². The number of amides is 1. The topological polar surface area (TPSA) is 79.5 Å². The van der Waals surface area contributed by atoms with E-state index >= 15 is 0 Å². The third kappa shape index (κ3) is 4.32. The van der Waals surface area contributed by atoms with Gasteiger partial charge in [0.2, 0.25) is 0 Å². The average molecular weight is 407 g/mol. The standard InChI is InChI=1S/C20H26N4O3.ClH/c1-26-18-5-3-2-4-14(18)13-27-15-7-10-24(11-8-15)20(25)19-16-12-21-9-6-17(16)22-23-19;/h2-5,15,21H,6-13H2,1H3,(H,22,23);1H. The van der Waals surface area contributed by atoms with E-state index in [2.05, 4.69) is 15.5 Å². The lowest BCUT2D eigenvalue weighted by Crippen LogP contribution is -2.41. The summed E-state index contributed by atoms with van der Waals surface area (Å²) in [5, 5.41) is 10.6. The number of carbonyl (C=O) groups excluding carboxylic acids is 1. The number of hydrogen-bond donors (Lipinski definition) is 2. The van der Waals surface area contributed by atoms with E-state index in [9.17, 15) is 4.79 Å². The van der Waals surface area contributed by atoms with Crippen molar-refractivity contribution in [3.63, 3.8) is 0 Å². The van der Waals surface area contributed by atoms with Gasteiger partial charge in [0.15, 0.2) is 5.69 Å². The van der Waals surface area contributed by atoms with Gasteiger partial charge >= 0.3 is 0 Å². The number of para-hydroxylation sites is 1. The molecule has 0 atom stereocenters. The maximum absolute atomic E-state index is 12.9. The highest BCUT2D eigenvalue weighted by Crippen LogP contribution is 2.23. The van der Waals surface area contributed by atoms with Gasteiger partial charge in [-0.3, -0.25) is 9.89 Å². The Morgan fingerprint density at radius 2 is 2.07 bits per heavy atom. The summed E-state index contributed by atoms with van der Waals surface area (Å²) in [6, 6.07) is 7.91. The van der Waals surface area contributed by atoms with Crippen molar-refractivity contribution >= 4 is 18.3 Å². The average Bonchev–Trinajstić information content (AvgIpc) is 3.16. The molecular formula is C20H27ClN4O3. The fourth-order valence-electron chi connectivity index (χ4n) is 3.81. The zero-order valence-corrected chi connectivity index (χ0v) is 16.9. The van der Waals surface area contributed by atoms with Crippen molar-refractivity contribution in [1.29, 1.82) is 0 Å². The quantitative estimate of drug-likeness (QED) is 0.796. The van der Waals surface area contributed by atoms with Crippen LogP contribution in [-0.2, 0) is 24.3 Å². The largest absolute Gasteiger partial charge is 0.496 e. The molecule has 2 aliphatic heterocycles. The zero-order chi connectivity index (χ0) is 18.6. The minimum Gasteiger partial charge on any atom is -0.496 e. The number of nitrogens with zero attached hydrogens (tertiary/aromatic N) is 2. The molecule has 4 rings (SSSR count). The summed E-state index contributed by atoms with van der Waals surface area (Å²) in [5.41, 5.74) is 3.74. The third-order valence-electron chi connectivity index (χ3n) is 5.41. The number of hydrogen-bond acceptors (Lipinski definition) is 5. The Hall–Kier alpha value is -2.09. The molecule has 1 saturated heterocycles. The van der Waals surface area contributed by atoms with E-state index in [-0.39, 0.29) is 24.4 Å². The van der Waals surface area contributed by atoms with E-state index in [4.69, 9.17) is 9.47 Å². The lowest BCUT2D eigenvalue weighted by molar-refractivity contribution is -0.00111. The second kappa shape index (κ2) is 9.41. The molecule has 2 aliphatic rings. The Morgan fingerprint density at radius 3 is 2.86 bits per heavy atom. The molecule has 152 valence electrons. The van der Waals surface area contributed by atoms with Crippen LogP contribution in [0.4, 0.5) is 0 Å². The van der Waals surface area contributed by atoms with Crippen LogP contribution in [0.1, 0.15) is 40.2 Å². The Balaban J connectivity index is 0.00000225. The van der Waals surface area contributed by atoms with E-state index < -0.39 is 0 Å². The normalized spacial score (nSPS) is 17.0. The second-order valence-electron chi connectivity index (χ2n) is 7.07. The van der Waals surface area contributed by atoms with E-state index in [1.54, 1.807) is 7.11 Å². The van der Waals surface area contributed by atoms with Crippen molar-refractivity contribution in [2.24, 2.45) is 0 Å². The summed E-state index contributed by atoms with van der Waals surface area (Å²) in [4.78, 5) is 14.8. The van der Waals surface area contributed by atoms with E-state index in [1.807, 2.05) is 29.2 Å². The number of aromatic amines is 1. The van der Waals surface area contributed by atoms with E-state index in [0.29, 0.717) is 31.9 Å². The maximum Gasteiger partial charge on any atom is 0.274 e. The Morgan fingerprint density at radius 1 is 1.29 bits per heavy atom. The predicted octanol–water partition coefficient (Wildman–Crippen LogP) is 2.31. The number of fused-ring (bicyclic) bond motifs is 1. The number of piperidine rings is 1. The number of nitrogens with one attached hydrogen (secondary N) is 2. The van der Waals surface area contributed by atoms with Gasteiger partial charge in [0.1, 0.15) is 5.75 Å². The van der Waals surface area contributed by atoms with Crippen molar-refractivity contribution in [3.8, 4) is 5.75 Å². The number of methoxy groups -OCH3 is 1. The molecule has 8 heteroatoms. The summed E-state index contributed by atoms with van der Waals surface area (Å²) in [6.45, 7) is 3.57. The molecule has 1 amide bonds. The molecule has 28 heavy (non-hydrogen) atoms. The van der Waals surface area contributed by atoms with Crippen molar-refractivity contribution in [1.82, 2.24) is 20.4 Å². The Labute approximate surface area is 171 Å². The number of ether oxygens (including phenoxy) is 2. The summed E-state index contributed by atoms with van der Waals surface area (Å²) < 4.78 is 11.4. The van der Waals surface area contributed by atoms with Crippen LogP contribution in [0.5, 0.6) is 5.75 Å². The first-order valence-corrected chi connectivity index (χ1v) is 9.56. The number of likely N-dealkylation sites (tertiary alicyclic amines) is 1. The third-order valence-corrected chi connectivity index (χ3v) is 5.41. The molecule has 1 aromatic heterocycles. The first-order chi connectivity index (χ1) is 13.3. The van der Waals surface area contributed by atoms with E-state index in [0.717, 1.165) is 48.4 Å². The minimum atomic E-state index is 0. The summed E-state index contributed by atoms with van der Waals surface area (Å²) >= 11 is 0. The molecule has 3 heterocycles. The van der Waals surface area contributed by atoms with Gasteiger partial charge in [-0.2, -0.15) is 5.10 Å². The van der Waals surface area contributed by atoms with Crippen LogP contribution in [0, 0.1) is 0 Å². The van der Waals surface area contributed by atoms with Gasteiger partial charge in [-0.15, -0.1) is 12.4 Å². The van der Waals surface area contributed by atoms with Gasteiger partial charge in [-0.1, -0.05) is 18.2 Å².